The number of aromatic nitrogens is 2. The number of nitrogens with two attached hydrogens (primary N) is 1. The summed E-state index contributed by atoms with van der Waals surface area (Å²) in [6.07, 6.45) is 6.85. The molecule has 0 aromatic carbocycles. The summed E-state index contributed by atoms with van der Waals surface area (Å²) in [6.45, 7) is 7.95. The van der Waals surface area contributed by atoms with Gasteiger partial charge in [-0.25, -0.2) is 9.97 Å². The monoisotopic (exact) mass is 417 g/mol. The molecular formula is C19H33Cl2N5O. The third-order valence-electron chi connectivity index (χ3n) is 5.37. The minimum absolute atomic E-state index is 0. The van der Waals surface area contributed by atoms with Gasteiger partial charge < -0.3 is 15.5 Å². The van der Waals surface area contributed by atoms with E-state index in [2.05, 4.69) is 34.8 Å². The quantitative estimate of drug-likeness (QED) is 0.796. The smallest absolute Gasteiger partial charge is 0.239 e. The number of halogens is 2. The minimum atomic E-state index is -0.364. The summed E-state index contributed by atoms with van der Waals surface area (Å²) >= 11 is 0. The number of hydrogen-bond acceptors (Lipinski definition) is 5. The van der Waals surface area contributed by atoms with Crippen LogP contribution in [0.3, 0.4) is 0 Å². The largest absolute Gasteiger partial charge is 0.357 e. The second kappa shape index (κ2) is 11.0. The molecule has 3 rings (SSSR count). The van der Waals surface area contributed by atoms with E-state index in [1.807, 2.05) is 4.90 Å². The van der Waals surface area contributed by atoms with Gasteiger partial charge in [-0.3, -0.25) is 4.79 Å². The average molecular weight is 418 g/mol. The number of piperidine rings is 1. The molecular weight excluding hydrogens is 385 g/mol. The summed E-state index contributed by atoms with van der Waals surface area (Å²) in [5.41, 5.74) is 7.19. The Labute approximate surface area is 175 Å². The van der Waals surface area contributed by atoms with Gasteiger partial charge in [0.05, 0.1) is 6.04 Å². The Balaban J connectivity index is 0.00000182. The Morgan fingerprint density at radius 2 is 1.78 bits per heavy atom. The molecule has 2 N–H and O–H groups in total. The molecule has 154 valence electrons. The molecule has 2 saturated heterocycles. The van der Waals surface area contributed by atoms with Crippen molar-refractivity contribution in [3.63, 3.8) is 0 Å². The zero-order valence-corrected chi connectivity index (χ0v) is 18.0. The fraction of sp³-hybridized carbons (Fsp3) is 0.737. The molecule has 8 heteroatoms. The number of carbonyl (C=O) groups is 1. The second-order valence-electron chi connectivity index (χ2n) is 7.83. The standard InChI is InChI=1S/C19H31N5O.2ClH/c1-14(2)11-16(20)19(25)24-9-5-15(6-10-24)17-12-18(22-13-21-17)23-7-3-4-8-23;;/h12-16H,3-11,20H2,1-2H3;2*1H/t16-;;/m0../s1. The van der Waals surface area contributed by atoms with Crippen LogP contribution in [0.15, 0.2) is 12.4 Å². The van der Waals surface area contributed by atoms with Crippen LogP contribution in [0.2, 0.25) is 0 Å². The van der Waals surface area contributed by atoms with Gasteiger partial charge in [-0.15, -0.1) is 24.8 Å². The number of amides is 1. The molecule has 3 heterocycles. The molecule has 1 atom stereocenters. The van der Waals surface area contributed by atoms with Crippen molar-refractivity contribution in [2.45, 2.75) is 57.9 Å². The molecule has 0 aliphatic carbocycles. The summed E-state index contributed by atoms with van der Waals surface area (Å²) in [6, 6.07) is 1.79. The van der Waals surface area contributed by atoms with Crippen molar-refractivity contribution in [3.8, 4) is 0 Å². The van der Waals surface area contributed by atoms with Crippen molar-refractivity contribution in [2.24, 2.45) is 11.7 Å². The highest BCUT2D eigenvalue weighted by atomic mass is 35.5. The summed E-state index contributed by atoms with van der Waals surface area (Å²) in [5.74, 6) is 2.02. The SMILES string of the molecule is CC(C)C[C@H](N)C(=O)N1CCC(c2cc(N3CCCC3)ncn2)CC1.Cl.Cl. The molecule has 0 bridgehead atoms. The number of nitrogens with zero attached hydrogens (tertiary/aromatic N) is 4. The van der Waals surface area contributed by atoms with E-state index < -0.39 is 0 Å². The van der Waals surface area contributed by atoms with Crippen molar-refractivity contribution < 1.29 is 4.79 Å². The van der Waals surface area contributed by atoms with Gasteiger partial charge in [0.15, 0.2) is 0 Å². The van der Waals surface area contributed by atoms with Crippen LogP contribution in [-0.2, 0) is 4.79 Å². The highest BCUT2D eigenvalue weighted by Crippen LogP contribution is 2.29. The lowest BCUT2D eigenvalue weighted by Crippen LogP contribution is -2.47. The maximum atomic E-state index is 12.5. The highest BCUT2D eigenvalue weighted by Gasteiger charge is 2.28. The van der Waals surface area contributed by atoms with E-state index in [9.17, 15) is 4.79 Å². The number of rotatable bonds is 5. The molecule has 2 aliphatic rings. The summed E-state index contributed by atoms with van der Waals surface area (Å²) in [7, 11) is 0. The van der Waals surface area contributed by atoms with E-state index in [-0.39, 0.29) is 36.8 Å². The van der Waals surface area contributed by atoms with Crippen molar-refractivity contribution in [1.29, 1.82) is 0 Å². The number of likely N-dealkylation sites (tertiary alicyclic amines) is 1. The summed E-state index contributed by atoms with van der Waals surface area (Å²) in [4.78, 5) is 25.7. The van der Waals surface area contributed by atoms with Gasteiger partial charge in [-0.2, -0.15) is 0 Å². The van der Waals surface area contributed by atoms with Crippen LogP contribution < -0.4 is 10.6 Å². The van der Waals surface area contributed by atoms with Crippen LogP contribution in [0.1, 0.15) is 57.6 Å². The fourth-order valence-electron chi connectivity index (χ4n) is 3.94. The van der Waals surface area contributed by atoms with E-state index in [0.29, 0.717) is 11.8 Å². The number of hydrogen-bond donors (Lipinski definition) is 1. The van der Waals surface area contributed by atoms with Gasteiger partial charge in [-0.1, -0.05) is 13.8 Å². The first-order valence-corrected chi connectivity index (χ1v) is 9.66. The average Bonchev–Trinajstić information content (AvgIpc) is 3.15. The first-order chi connectivity index (χ1) is 12.0. The van der Waals surface area contributed by atoms with Gasteiger partial charge in [0.2, 0.25) is 5.91 Å². The maximum Gasteiger partial charge on any atom is 0.239 e. The van der Waals surface area contributed by atoms with Crippen molar-refractivity contribution in [3.05, 3.63) is 18.1 Å². The summed E-state index contributed by atoms with van der Waals surface area (Å²) in [5, 5.41) is 0. The van der Waals surface area contributed by atoms with Crippen LogP contribution in [0.5, 0.6) is 0 Å². The van der Waals surface area contributed by atoms with Crippen LogP contribution in [0.4, 0.5) is 5.82 Å². The van der Waals surface area contributed by atoms with Gasteiger partial charge in [0.1, 0.15) is 12.1 Å². The Bertz CT molecular complexity index is 587. The van der Waals surface area contributed by atoms with Crippen molar-refractivity contribution >= 4 is 36.5 Å². The first kappa shape index (κ1) is 23.9. The Morgan fingerprint density at radius 1 is 1.15 bits per heavy atom. The molecule has 0 radical (unpaired) electrons. The molecule has 2 fully saturated rings. The highest BCUT2D eigenvalue weighted by molar-refractivity contribution is 5.85. The fourth-order valence-corrected chi connectivity index (χ4v) is 3.94. The second-order valence-corrected chi connectivity index (χ2v) is 7.83. The minimum Gasteiger partial charge on any atom is -0.357 e. The lowest BCUT2D eigenvalue weighted by molar-refractivity contribution is -0.134. The van der Waals surface area contributed by atoms with Crippen molar-refractivity contribution in [2.75, 3.05) is 31.1 Å². The van der Waals surface area contributed by atoms with Gasteiger partial charge in [0.25, 0.3) is 0 Å². The van der Waals surface area contributed by atoms with Crippen LogP contribution in [-0.4, -0.2) is 53.0 Å². The molecule has 0 unspecified atom stereocenters. The predicted molar refractivity (Wildman–Crippen MR) is 114 cm³/mol. The zero-order valence-electron chi connectivity index (χ0n) is 16.3. The first-order valence-electron chi connectivity index (χ1n) is 9.66. The van der Waals surface area contributed by atoms with E-state index in [1.54, 1.807) is 6.33 Å². The molecule has 1 aromatic heterocycles. The lowest BCUT2D eigenvalue weighted by Gasteiger charge is -2.33. The normalized spacial score (nSPS) is 18.8. The lowest BCUT2D eigenvalue weighted by atomic mass is 9.92. The molecule has 1 amide bonds. The van der Waals surface area contributed by atoms with Gasteiger partial charge in [-0.05, 0) is 38.0 Å². The molecule has 1 aromatic rings. The van der Waals surface area contributed by atoms with E-state index >= 15 is 0 Å². The predicted octanol–water partition coefficient (Wildman–Crippen LogP) is 3.00. The van der Waals surface area contributed by atoms with E-state index in [0.717, 1.165) is 57.0 Å². The van der Waals surface area contributed by atoms with Crippen molar-refractivity contribution in [1.82, 2.24) is 14.9 Å². The molecule has 6 nitrogen and oxygen atoms in total. The number of carbonyl (C=O) groups excluding carboxylic acids is 1. The zero-order chi connectivity index (χ0) is 17.8. The van der Waals surface area contributed by atoms with Crippen LogP contribution >= 0.6 is 24.8 Å². The maximum absolute atomic E-state index is 12.5. The third-order valence-corrected chi connectivity index (χ3v) is 5.37. The summed E-state index contributed by atoms with van der Waals surface area (Å²) < 4.78 is 0. The van der Waals surface area contributed by atoms with E-state index in [1.165, 1.54) is 12.8 Å². The molecule has 0 saturated carbocycles. The van der Waals surface area contributed by atoms with Crippen LogP contribution in [0, 0.1) is 5.92 Å². The molecule has 0 spiro atoms. The molecule has 2 aliphatic heterocycles. The van der Waals surface area contributed by atoms with Gasteiger partial charge >= 0.3 is 0 Å². The topological polar surface area (TPSA) is 75.4 Å². The Kier molecular flexibility index (Phi) is 9.77. The Hall–Kier alpha value is -1.11. The van der Waals surface area contributed by atoms with E-state index in [4.69, 9.17) is 5.73 Å². The van der Waals surface area contributed by atoms with Gasteiger partial charge in [0, 0.05) is 43.9 Å². The third kappa shape index (κ3) is 6.19. The number of anilines is 1. The molecule has 27 heavy (non-hydrogen) atoms. The van der Waals surface area contributed by atoms with Crippen LogP contribution in [0.25, 0.3) is 0 Å². The Morgan fingerprint density at radius 3 is 2.37 bits per heavy atom.